The van der Waals surface area contributed by atoms with Gasteiger partial charge in [0.15, 0.2) is 11.5 Å². The standard InChI is InChI=1S/C21H15N5O3/c22-9-25-20-21(8-27-16-5-18-17(4-14(16)21)28-11-29-18)19-13(2-1-3-15(19)26-20)12-6-23-10-24-7-12/h1-7,9-10H,8,11H2,(H2,22,25,26). The minimum atomic E-state index is -0.714. The van der Waals surface area contributed by atoms with E-state index in [-0.39, 0.29) is 6.79 Å². The predicted octanol–water partition coefficient (Wildman–Crippen LogP) is 2.58. The first-order chi connectivity index (χ1) is 14.3. The topological polar surface area (TPSA) is 104 Å². The Bertz CT molecular complexity index is 1210. The van der Waals surface area contributed by atoms with Crippen molar-refractivity contribution in [2.24, 2.45) is 15.7 Å². The van der Waals surface area contributed by atoms with E-state index in [1.807, 2.05) is 30.3 Å². The quantitative estimate of drug-likeness (QED) is 0.510. The second kappa shape index (κ2) is 5.78. The van der Waals surface area contributed by atoms with Crippen LogP contribution in [0.1, 0.15) is 11.1 Å². The Labute approximate surface area is 165 Å². The number of ether oxygens (including phenoxy) is 3. The van der Waals surface area contributed by atoms with Crippen LogP contribution in [-0.4, -0.2) is 35.5 Å². The van der Waals surface area contributed by atoms with Gasteiger partial charge in [-0.15, -0.1) is 0 Å². The largest absolute Gasteiger partial charge is 0.491 e. The van der Waals surface area contributed by atoms with Gasteiger partial charge in [-0.3, -0.25) is 0 Å². The molecule has 0 fully saturated rings. The fourth-order valence-corrected chi connectivity index (χ4v) is 4.32. The fraction of sp³-hybridized carbons (Fsp3) is 0.143. The number of hydrogen-bond acceptors (Lipinski definition) is 7. The van der Waals surface area contributed by atoms with Gasteiger partial charge >= 0.3 is 0 Å². The van der Waals surface area contributed by atoms with Gasteiger partial charge in [0, 0.05) is 35.2 Å². The molecule has 1 aromatic heterocycles. The minimum absolute atomic E-state index is 0.191. The van der Waals surface area contributed by atoms with Crippen LogP contribution in [0.25, 0.3) is 11.1 Å². The molecular weight excluding hydrogens is 370 g/mol. The maximum atomic E-state index is 6.12. The number of amidine groups is 1. The Morgan fingerprint density at radius 1 is 1.03 bits per heavy atom. The van der Waals surface area contributed by atoms with Gasteiger partial charge in [0.05, 0.1) is 12.0 Å². The SMILES string of the molecule is NC=NC1=Nc2cccc(-c3cncnc3)c2C12COc1cc3c(cc12)OCO3. The van der Waals surface area contributed by atoms with Gasteiger partial charge in [-0.2, -0.15) is 0 Å². The number of nitrogens with two attached hydrogens (primary N) is 1. The van der Waals surface area contributed by atoms with Crippen LogP contribution < -0.4 is 19.9 Å². The molecule has 0 aliphatic carbocycles. The Balaban J connectivity index is 1.66. The Morgan fingerprint density at radius 2 is 1.86 bits per heavy atom. The van der Waals surface area contributed by atoms with Crippen molar-refractivity contribution in [3.05, 3.63) is 60.2 Å². The van der Waals surface area contributed by atoms with Crippen molar-refractivity contribution in [2.45, 2.75) is 5.41 Å². The molecule has 0 saturated heterocycles. The molecule has 3 aliphatic rings. The Kier molecular flexibility index (Phi) is 3.20. The van der Waals surface area contributed by atoms with Crippen LogP contribution >= 0.6 is 0 Å². The lowest BCUT2D eigenvalue weighted by molar-refractivity contribution is 0.173. The summed E-state index contributed by atoms with van der Waals surface area (Å²) in [5.74, 6) is 2.65. The first-order valence-electron chi connectivity index (χ1n) is 9.10. The van der Waals surface area contributed by atoms with Crippen molar-refractivity contribution < 1.29 is 14.2 Å². The van der Waals surface area contributed by atoms with Crippen LogP contribution in [0.5, 0.6) is 17.2 Å². The molecule has 0 saturated carbocycles. The third-order valence-corrected chi connectivity index (χ3v) is 5.52. The molecule has 0 radical (unpaired) electrons. The third kappa shape index (κ3) is 2.08. The van der Waals surface area contributed by atoms with E-state index in [9.17, 15) is 0 Å². The van der Waals surface area contributed by atoms with Crippen molar-refractivity contribution in [2.75, 3.05) is 13.4 Å². The van der Waals surface area contributed by atoms with Gasteiger partial charge in [-0.25, -0.2) is 20.0 Å². The zero-order chi connectivity index (χ0) is 19.4. The monoisotopic (exact) mass is 385 g/mol. The number of aromatic nitrogens is 2. The molecule has 1 spiro atoms. The fourth-order valence-electron chi connectivity index (χ4n) is 4.32. The molecular formula is C21H15N5O3. The predicted molar refractivity (Wildman–Crippen MR) is 106 cm³/mol. The molecule has 3 aliphatic heterocycles. The Morgan fingerprint density at radius 3 is 2.69 bits per heavy atom. The summed E-state index contributed by atoms with van der Waals surface area (Å²) in [6, 6.07) is 9.79. The number of nitrogens with zero attached hydrogens (tertiary/aromatic N) is 4. The number of fused-ring (bicyclic) bond motifs is 5. The molecule has 142 valence electrons. The van der Waals surface area contributed by atoms with Crippen molar-refractivity contribution in [3.8, 4) is 28.4 Å². The maximum absolute atomic E-state index is 6.12. The number of benzene rings is 2. The van der Waals surface area contributed by atoms with Gasteiger partial charge in [0.25, 0.3) is 0 Å². The molecule has 3 aromatic rings. The van der Waals surface area contributed by atoms with Gasteiger partial charge in [-0.05, 0) is 17.7 Å². The van der Waals surface area contributed by atoms with Crippen LogP contribution in [0, 0.1) is 0 Å². The smallest absolute Gasteiger partial charge is 0.231 e. The van der Waals surface area contributed by atoms with Crippen molar-refractivity contribution >= 4 is 17.9 Å². The number of rotatable bonds is 1. The first kappa shape index (κ1) is 16.1. The van der Waals surface area contributed by atoms with Crippen LogP contribution in [0.15, 0.2) is 59.0 Å². The maximum Gasteiger partial charge on any atom is 0.231 e. The minimum Gasteiger partial charge on any atom is -0.491 e. The lowest BCUT2D eigenvalue weighted by atomic mass is 9.73. The van der Waals surface area contributed by atoms with Crippen LogP contribution in [0.4, 0.5) is 5.69 Å². The number of hydrogen-bond donors (Lipinski definition) is 1. The second-order valence-corrected chi connectivity index (χ2v) is 6.94. The molecule has 2 N–H and O–H groups in total. The van der Waals surface area contributed by atoms with E-state index in [2.05, 4.69) is 15.0 Å². The molecule has 8 nitrogen and oxygen atoms in total. The number of aliphatic imine (C=N–C) groups is 2. The molecule has 29 heavy (non-hydrogen) atoms. The van der Waals surface area contributed by atoms with Gasteiger partial charge < -0.3 is 19.9 Å². The van der Waals surface area contributed by atoms with E-state index < -0.39 is 5.41 Å². The van der Waals surface area contributed by atoms with E-state index in [0.29, 0.717) is 23.9 Å². The highest BCUT2D eigenvalue weighted by Gasteiger charge is 2.53. The molecule has 1 unspecified atom stereocenters. The second-order valence-electron chi connectivity index (χ2n) is 6.94. The highest BCUT2D eigenvalue weighted by molar-refractivity contribution is 6.09. The van der Waals surface area contributed by atoms with Gasteiger partial charge in [0.2, 0.25) is 6.79 Å². The summed E-state index contributed by atoms with van der Waals surface area (Å²) >= 11 is 0. The zero-order valence-corrected chi connectivity index (χ0v) is 15.2. The van der Waals surface area contributed by atoms with E-state index in [1.54, 1.807) is 12.4 Å². The first-order valence-corrected chi connectivity index (χ1v) is 9.10. The van der Waals surface area contributed by atoms with Gasteiger partial charge in [-0.1, -0.05) is 12.1 Å². The molecule has 0 bridgehead atoms. The third-order valence-electron chi connectivity index (χ3n) is 5.52. The zero-order valence-electron chi connectivity index (χ0n) is 15.2. The van der Waals surface area contributed by atoms with Crippen LogP contribution in [0.3, 0.4) is 0 Å². The highest BCUT2D eigenvalue weighted by atomic mass is 16.7. The summed E-state index contributed by atoms with van der Waals surface area (Å²) in [7, 11) is 0. The molecule has 4 heterocycles. The van der Waals surface area contributed by atoms with E-state index in [0.717, 1.165) is 33.7 Å². The Hall–Kier alpha value is -3.94. The summed E-state index contributed by atoms with van der Waals surface area (Å²) in [4.78, 5) is 17.6. The van der Waals surface area contributed by atoms with E-state index >= 15 is 0 Å². The highest BCUT2D eigenvalue weighted by Crippen LogP contribution is 2.56. The summed E-state index contributed by atoms with van der Waals surface area (Å²) < 4.78 is 17.3. The lowest BCUT2D eigenvalue weighted by Crippen LogP contribution is -2.36. The van der Waals surface area contributed by atoms with Crippen molar-refractivity contribution in [1.29, 1.82) is 0 Å². The molecule has 2 aromatic carbocycles. The molecule has 6 rings (SSSR count). The summed E-state index contributed by atoms with van der Waals surface area (Å²) in [5, 5.41) is 0. The average molecular weight is 385 g/mol. The van der Waals surface area contributed by atoms with Crippen LogP contribution in [0.2, 0.25) is 0 Å². The van der Waals surface area contributed by atoms with Crippen molar-refractivity contribution in [1.82, 2.24) is 9.97 Å². The van der Waals surface area contributed by atoms with Crippen molar-refractivity contribution in [3.63, 3.8) is 0 Å². The summed E-state index contributed by atoms with van der Waals surface area (Å²) in [6.45, 7) is 0.537. The lowest BCUT2D eigenvalue weighted by Gasteiger charge is -2.26. The summed E-state index contributed by atoms with van der Waals surface area (Å²) in [5.41, 5.74) is 9.57. The molecule has 0 amide bonds. The molecule has 8 heteroatoms. The molecule has 1 atom stereocenters. The van der Waals surface area contributed by atoms with E-state index in [4.69, 9.17) is 24.9 Å². The average Bonchev–Trinajstić information content (AvgIpc) is 3.45. The normalized spacial score (nSPS) is 20.6. The van der Waals surface area contributed by atoms with Gasteiger partial charge in [0.1, 0.15) is 29.9 Å². The summed E-state index contributed by atoms with van der Waals surface area (Å²) in [6.07, 6.45) is 6.36. The van der Waals surface area contributed by atoms with E-state index in [1.165, 1.54) is 12.7 Å². The van der Waals surface area contributed by atoms with Crippen LogP contribution in [-0.2, 0) is 5.41 Å².